The van der Waals surface area contributed by atoms with Gasteiger partial charge in [-0.25, -0.2) is 9.07 Å². The Kier molecular flexibility index (Phi) is 6.99. The lowest BCUT2D eigenvalue weighted by Gasteiger charge is -2.16. The standard InChI is InChI=1S/C22H28FN5O2/c1-5-27(6-2)13-12-19-25-21(20(30-19)16-7-9-17(23)10-8-16)28-14-11-18(26-28)22(29)24-15(3)4/h7-11,14-15H,5-6,12-13H2,1-4H3,(H,24,29). The third-order valence-electron chi connectivity index (χ3n) is 4.75. The highest BCUT2D eigenvalue weighted by Gasteiger charge is 2.20. The number of amides is 1. The number of nitrogens with one attached hydrogen (secondary N) is 1. The van der Waals surface area contributed by atoms with Crippen molar-refractivity contribution in [1.29, 1.82) is 0 Å². The summed E-state index contributed by atoms with van der Waals surface area (Å²) in [7, 11) is 0. The van der Waals surface area contributed by atoms with E-state index in [-0.39, 0.29) is 17.8 Å². The minimum Gasteiger partial charge on any atom is -0.438 e. The molecule has 3 aromatic rings. The minimum atomic E-state index is -0.326. The molecule has 1 amide bonds. The molecule has 30 heavy (non-hydrogen) atoms. The topological polar surface area (TPSA) is 76.2 Å². The number of carbonyl (C=O) groups is 1. The maximum absolute atomic E-state index is 13.4. The normalized spacial score (nSPS) is 11.4. The fourth-order valence-electron chi connectivity index (χ4n) is 3.10. The highest BCUT2D eigenvalue weighted by molar-refractivity contribution is 5.92. The molecule has 0 fully saturated rings. The molecule has 0 unspecified atom stereocenters. The zero-order valence-corrected chi connectivity index (χ0v) is 17.9. The van der Waals surface area contributed by atoms with Crippen LogP contribution in [0.3, 0.4) is 0 Å². The lowest BCUT2D eigenvalue weighted by Crippen LogP contribution is -2.30. The van der Waals surface area contributed by atoms with Gasteiger partial charge in [-0.1, -0.05) is 13.8 Å². The first-order valence-corrected chi connectivity index (χ1v) is 10.3. The number of oxazole rings is 1. The van der Waals surface area contributed by atoms with Crippen LogP contribution in [0.1, 0.15) is 44.1 Å². The predicted octanol–water partition coefficient (Wildman–Crippen LogP) is 3.69. The molecule has 7 nitrogen and oxygen atoms in total. The van der Waals surface area contributed by atoms with Crippen molar-refractivity contribution in [3.8, 4) is 17.1 Å². The Balaban J connectivity index is 1.94. The summed E-state index contributed by atoms with van der Waals surface area (Å²) in [5.74, 6) is 0.953. The minimum absolute atomic E-state index is 0.0103. The van der Waals surface area contributed by atoms with E-state index in [9.17, 15) is 9.18 Å². The number of rotatable bonds is 9. The Hall–Kier alpha value is -3.00. The van der Waals surface area contributed by atoms with Crippen LogP contribution in [0.25, 0.3) is 17.1 Å². The summed E-state index contributed by atoms with van der Waals surface area (Å²) in [5, 5.41) is 7.20. The van der Waals surface area contributed by atoms with E-state index in [0.29, 0.717) is 35.1 Å². The lowest BCUT2D eigenvalue weighted by molar-refractivity contribution is 0.0937. The summed E-state index contributed by atoms with van der Waals surface area (Å²) in [6.45, 7) is 10.7. The molecular weight excluding hydrogens is 385 g/mol. The number of likely N-dealkylation sites (N-methyl/N-ethyl adjacent to an activating group) is 1. The van der Waals surface area contributed by atoms with E-state index in [1.165, 1.54) is 16.8 Å². The average molecular weight is 413 g/mol. The quantitative estimate of drug-likeness (QED) is 0.579. The molecule has 8 heteroatoms. The smallest absolute Gasteiger partial charge is 0.271 e. The van der Waals surface area contributed by atoms with Crippen LogP contribution < -0.4 is 5.32 Å². The number of benzene rings is 1. The van der Waals surface area contributed by atoms with Gasteiger partial charge in [-0.2, -0.15) is 10.1 Å². The van der Waals surface area contributed by atoms with Gasteiger partial charge in [-0.15, -0.1) is 0 Å². The monoisotopic (exact) mass is 413 g/mol. The number of hydrogen-bond donors (Lipinski definition) is 1. The van der Waals surface area contributed by atoms with Gasteiger partial charge < -0.3 is 14.6 Å². The van der Waals surface area contributed by atoms with Gasteiger partial charge in [0.05, 0.1) is 0 Å². The van der Waals surface area contributed by atoms with Crippen molar-refractivity contribution in [2.45, 2.75) is 40.2 Å². The van der Waals surface area contributed by atoms with Crippen molar-refractivity contribution in [2.75, 3.05) is 19.6 Å². The van der Waals surface area contributed by atoms with Crippen molar-refractivity contribution in [3.63, 3.8) is 0 Å². The lowest BCUT2D eigenvalue weighted by atomic mass is 10.2. The van der Waals surface area contributed by atoms with Gasteiger partial charge in [-0.05, 0) is 57.3 Å². The molecule has 0 saturated heterocycles. The molecule has 1 N–H and O–H groups in total. The van der Waals surface area contributed by atoms with Gasteiger partial charge in [0.25, 0.3) is 5.91 Å². The van der Waals surface area contributed by atoms with E-state index in [4.69, 9.17) is 4.42 Å². The van der Waals surface area contributed by atoms with E-state index >= 15 is 0 Å². The van der Waals surface area contributed by atoms with Crippen LogP contribution >= 0.6 is 0 Å². The number of aromatic nitrogens is 3. The molecule has 2 heterocycles. The summed E-state index contributed by atoms with van der Waals surface area (Å²) in [6.07, 6.45) is 2.31. The van der Waals surface area contributed by atoms with Gasteiger partial charge in [0.1, 0.15) is 5.82 Å². The average Bonchev–Trinajstić information content (AvgIpc) is 3.36. The molecule has 0 aliphatic carbocycles. The van der Waals surface area contributed by atoms with Crippen molar-refractivity contribution < 1.29 is 13.6 Å². The van der Waals surface area contributed by atoms with Gasteiger partial charge in [0.2, 0.25) is 5.82 Å². The first-order valence-electron chi connectivity index (χ1n) is 10.3. The summed E-state index contributed by atoms with van der Waals surface area (Å²) in [6, 6.07) is 7.68. The van der Waals surface area contributed by atoms with Crippen LogP contribution in [0.2, 0.25) is 0 Å². The number of halogens is 1. The van der Waals surface area contributed by atoms with Gasteiger partial charge in [0.15, 0.2) is 17.3 Å². The Bertz CT molecular complexity index is 974. The third-order valence-corrected chi connectivity index (χ3v) is 4.75. The molecule has 0 atom stereocenters. The fraction of sp³-hybridized carbons (Fsp3) is 0.409. The molecule has 0 saturated carbocycles. The SMILES string of the molecule is CCN(CC)CCc1nc(-n2ccc(C(=O)NC(C)C)n2)c(-c2ccc(F)cc2)o1. The molecular formula is C22H28FN5O2. The summed E-state index contributed by atoms with van der Waals surface area (Å²) in [4.78, 5) is 19.2. The molecule has 0 spiro atoms. The molecule has 0 bridgehead atoms. The van der Waals surface area contributed by atoms with Crippen molar-refractivity contribution in [3.05, 3.63) is 53.9 Å². The first kappa shape index (κ1) is 21.7. The molecule has 160 valence electrons. The Morgan fingerprint density at radius 2 is 1.90 bits per heavy atom. The Labute approximate surface area is 175 Å². The highest BCUT2D eigenvalue weighted by Crippen LogP contribution is 2.28. The second-order valence-electron chi connectivity index (χ2n) is 7.32. The summed E-state index contributed by atoms with van der Waals surface area (Å²) in [5.41, 5.74) is 0.984. The van der Waals surface area contributed by atoms with E-state index in [1.54, 1.807) is 24.4 Å². The second kappa shape index (κ2) is 9.67. The maximum atomic E-state index is 13.4. The van der Waals surface area contributed by atoms with E-state index < -0.39 is 0 Å². The molecule has 0 radical (unpaired) electrons. The summed E-state index contributed by atoms with van der Waals surface area (Å²) < 4.78 is 21.0. The van der Waals surface area contributed by atoms with Crippen molar-refractivity contribution in [2.24, 2.45) is 0 Å². The van der Waals surface area contributed by atoms with E-state index in [1.807, 2.05) is 13.8 Å². The Morgan fingerprint density at radius 1 is 1.20 bits per heavy atom. The van der Waals surface area contributed by atoms with E-state index in [2.05, 4.69) is 34.1 Å². The van der Waals surface area contributed by atoms with Crippen LogP contribution in [-0.4, -0.2) is 51.2 Å². The number of hydrogen-bond acceptors (Lipinski definition) is 5. The van der Waals surface area contributed by atoms with Crippen LogP contribution in [0.5, 0.6) is 0 Å². The van der Waals surface area contributed by atoms with Crippen LogP contribution in [0.15, 0.2) is 40.9 Å². The molecule has 2 aromatic heterocycles. The Morgan fingerprint density at radius 3 is 2.53 bits per heavy atom. The fourth-order valence-corrected chi connectivity index (χ4v) is 3.10. The molecule has 0 aliphatic rings. The van der Waals surface area contributed by atoms with Gasteiger partial charge in [-0.3, -0.25) is 4.79 Å². The zero-order valence-electron chi connectivity index (χ0n) is 17.9. The van der Waals surface area contributed by atoms with Crippen molar-refractivity contribution in [1.82, 2.24) is 25.0 Å². The van der Waals surface area contributed by atoms with Gasteiger partial charge in [0, 0.05) is 30.8 Å². The predicted molar refractivity (Wildman–Crippen MR) is 113 cm³/mol. The highest BCUT2D eigenvalue weighted by atomic mass is 19.1. The van der Waals surface area contributed by atoms with Crippen LogP contribution in [-0.2, 0) is 6.42 Å². The number of carbonyl (C=O) groups excluding carboxylic acids is 1. The van der Waals surface area contributed by atoms with E-state index in [0.717, 1.165) is 19.6 Å². The zero-order chi connectivity index (χ0) is 21.7. The molecule has 0 aliphatic heterocycles. The van der Waals surface area contributed by atoms with Crippen molar-refractivity contribution >= 4 is 5.91 Å². The second-order valence-corrected chi connectivity index (χ2v) is 7.32. The molecule has 1 aromatic carbocycles. The first-order chi connectivity index (χ1) is 14.4. The maximum Gasteiger partial charge on any atom is 0.271 e. The third kappa shape index (κ3) is 5.13. The van der Waals surface area contributed by atoms with Gasteiger partial charge >= 0.3 is 0 Å². The molecule has 3 rings (SSSR count). The van der Waals surface area contributed by atoms with Crippen LogP contribution in [0.4, 0.5) is 4.39 Å². The van der Waals surface area contributed by atoms with Crippen LogP contribution in [0, 0.1) is 5.82 Å². The summed E-state index contributed by atoms with van der Waals surface area (Å²) >= 11 is 0. The number of nitrogens with zero attached hydrogens (tertiary/aromatic N) is 4. The largest absolute Gasteiger partial charge is 0.438 e.